The summed E-state index contributed by atoms with van der Waals surface area (Å²) in [7, 11) is 0. The Morgan fingerprint density at radius 2 is 2.40 bits per heavy atom. The minimum atomic E-state index is -0.411. The summed E-state index contributed by atoms with van der Waals surface area (Å²) in [6, 6.07) is 3.28. The first-order chi connectivity index (χ1) is 9.58. The maximum absolute atomic E-state index is 14.5. The number of anilines is 1. The summed E-state index contributed by atoms with van der Waals surface area (Å²) in [6.07, 6.45) is 1.01. The third-order valence-corrected chi connectivity index (χ3v) is 4.16. The maximum Gasteiger partial charge on any atom is 0.171 e. The van der Waals surface area contributed by atoms with Crippen molar-refractivity contribution in [3.8, 4) is 0 Å². The highest BCUT2D eigenvalue weighted by Gasteiger charge is 2.23. The van der Waals surface area contributed by atoms with Crippen molar-refractivity contribution in [3.63, 3.8) is 0 Å². The SMILES string of the molecule is CCC1CN(c2ccc(/C(N)=N/O)c(Br)c2F)CCO1. The zero-order valence-corrected chi connectivity index (χ0v) is 12.7. The van der Waals surface area contributed by atoms with Crippen LogP contribution in [0.4, 0.5) is 10.1 Å². The van der Waals surface area contributed by atoms with Crippen molar-refractivity contribution in [1.29, 1.82) is 0 Å². The number of morpholine rings is 1. The van der Waals surface area contributed by atoms with Crippen molar-refractivity contribution in [2.45, 2.75) is 19.4 Å². The molecule has 0 amide bonds. The number of ether oxygens (including phenoxy) is 1. The summed E-state index contributed by atoms with van der Waals surface area (Å²) in [5.74, 6) is -0.540. The van der Waals surface area contributed by atoms with Crippen LogP contribution in [-0.2, 0) is 4.74 Å². The molecule has 1 aromatic carbocycles. The van der Waals surface area contributed by atoms with Crippen LogP contribution in [0.25, 0.3) is 0 Å². The molecule has 0 aliphatic carbocycles. The van der Waals surface area contributed by atoms with Crippen LogP contribution >= 0.6 is 15.9 Å². The van der Waals surface area contributed by atoms with Gasteiger partial charge in [-0.25, -0.2) is 4.39 Å². The molecule has 1 fully saturated rings. The fourth-order valence-corrected chi connectivity index (χ4v) is 2.76. The van der Waals surface area contributed by atoms with E-state index in [4.69, 9.17) is 15.7 Å². The van der Waals surface area contributed by atoms with Gasteiger partial charge in [-0.15, -0.1) is 0 Å². The van der Waals surface area contributed by atoms with E-state index in [9.17, 15) is 4.39 Å². The highest BCUT2D eigenvalue weighted by Crippen LogP contribution is 2.30. The first-order valence-corrected chi connectivity index (χ1v) is 7.20. The number of nitrogens with zero attached hydrogens (tertiary/aromatic N) is 2. The molecule has 1 atom stereocenters. The molecule has 20 heavy (non-hydrogen) atoms. The van der Waals surface area contributed by atoms with Gasteiger partial charge in [0.15, 0.2) is 11.7 Å². The number of hydrogen-bond donors (Lipinski definition) is 2. The van der Waals surface area contributed by atoms with Gasteiger partial charge >= 0.3 is 0 Å². The Balaban J connectivity index is 2.32. The number of halogens is 2. The van der Waals surface area contributed by atoms with Crippen LogP contribution in [0.1, 0.15) is 18.9 Å². The predicted octanol–water partition coefficient (Wildman–Crippen LogP) is 2.30. The van der Waals surface area contributed by atoms with Gasteiger partial charge in [0, 0.05) is 18.7 Å². The van der Waals surface area contributed by atoms with Crippen LogP contribution in [0.5, 0.6) is 0 Å². The van der Waals surface area contributed by atoms with Gasteiger partial charge in [0.2, 0.25) is 0 Å². The second kappa shape index (κ2) is 6.41. The summed E-state index contributed by atoms with van der Waals surface area (Å²) in [5.41, 5.74) is 6.33. The smallest absolute Gasteiger partial charge is 0.171 e. The standard InChI is InChI=1S/C13H17BrFN3O2/c1-2-8-7-18(5-6-20-8)10-4-3-9(13(16)17-19)11(14)12(10)15/h3-4,8,19H,2,5-7H2,1H3,(H2,16,17). The number of hydrogen-bond acceptors (Lipinski definition) is 4. The lowest BCUT2D eigenvalue weighted by atomic mass is 10.1. The van der Waals surface area contributed by atoms with Crippen LogP contribution in [-0.4, -0.2) is 36.8 Å². The third-order valence-electron chi connectivity index (χ3n) is 3.38. The van der Waals surface area contributed by atoms with Crippen molar-refractivity contribution in [3.05, 3.63) is 28.0 Å². The van der Waals surface area contributed by atoms with Crippen LogP contribution in [0.3, 0.4) is 0 Å². The highest BCUT2D eigenvalue weighted by atomic mass is 79.9. The summed E-state index contributed by atoms with van der Waals surface area (Å²) in [5, 5.41) is 11.6. The minimum absolute atomic E-state index is 0.116. The topological polar surface area (TPSA) is 71.1 Å². The molecule has 1 aliphatic rings. The van der Waals surface area contributed by atoms with Gasteiger partial charge in [0.05, 0.1) is 22.9 Å². The molecule has 0 aromatic heterocycles. The van der Waals surface area contributed by atoms with Gasteiger partial charge < -0.3 is 20.6 Å². The Morgan fingerprint density at radius 3 is 3.05 bits per heavy atom. The Kier molecular flexibility index (Phi) is 4.82. The van der Waals surface area contributed by atoms with Gasteiger partial charge in [-0.2, -0.15) is 0 Å². The molecule has 110 valence electrons. The third kappa shape index (κ3) is 2.88. The van der Waals surface area contributed by atoms with E-state index in [1.54, 1.807) is 12.1 Å². The second-order valence-corrected chi connectivity index (χ2v) is 5.39. The normalized spacial score (nSPS) is 20.2. The summed E-state index contributed by atoms with van der Waals surface area (Å²) < 4.78 is 20.2. The van der Waals surface area contributed by atoms with Crippen LogP contribution < -0.4 is 10.6 Å². The quantitative estimate of drug-likeness (QED) is 0.381. The Labute approximate surface area is 125 Å². The number of rotatable bonds is 3. The van der Waals surface area contributed by atoms with Crippen LogP contribution in [0.2, 0.25) is 0 Å². The van der Waals surface area contributed by atoms with E-state index in [-0.39, 0.29) is 16.4 Å². The fourth-order valence-electron chi connectivity index (χ4n) is 2.22. The first-order valence-electron chi connectivity index (χ1n) is 6.40. The van der Waals surface area contributed by atoms with Crippen molar-refractivity contribution in [2.24, 2.45) is 10.9 Å². The van der Waals surface area contributed by atoms with E-state index in [1.807, 2.05) is 11.8 Å². The van der Waals surface area contributed by atoms with Gasteiger partial charge in [0.1, 0.15) is 0 Å². The first kappa shape index (κ1) is 15.1. The number of oxime groups is 1. The molecule has 3 N–H and O–H groups in total. The van der Waals surface area contributed by atoms with E-state index in [0.29, 0.717) is 30.9 Å². The monoisotopic (exact) mass is 345 g/mol. The maximum atomic E-state index is 14.5. The molecule has 1 heterocycles. The van der Waals surface area contributed by atoms with E-state index in [0.717, 1.165) is 6.42 Å². The minimum Gasteiger partial charge on any atom is -0.409 e. The molecular formula is C13H17BrFN3O2. The van der Waals surface area contributed by atoms with Crippen LogP contribution in [0.15, 0.2) is 21.8 Å². The number of amidine groups is 1. The van der Waals surface area contributed by atoms with Crippen molar-refractivity contribution >= 4 is 27.5 Å². The number of nitrogens with two attached hydrogens (primary N) is 1. The summed E-state index contributed by atoms with van der Waals surface area (Å²) >= 11 is 3.17. The van der Waals surface area contributed by atoms with Crippen molar-refractivity contribution in [2.75, 3.05) is 24.6 Å². The van der Waals surface area contributed by atoms with E-state index in [2.05, 4.69) is 21.1 Å². The Hall–Kier alpha value is -1.34. The van der Waals surface area contributed by atoms with Gasteiger partial charge in [0.25, 0.3) is 0 Å². The predicted molar refractivity (Wildman–Crippen MR) is 78.9 cm³/mol. The molecule has 2 rings (SSSR count). The average Bonchev–Trinajstić information content (AvgIpc) is 2.49. The molecule has 1 unspecified atom stereocenters. The lowest BCUT2D eigenvalue weighted by Crippen LogP contribution is -2.42. The molecule has 1 aliphatic heterocycles. The lowest BCUT2D eigenvalue weighted by molar-refractivity contribution is 0.0382. The molecule has 0 bridgehead atoms. The molecule has 1 saturated heterocycles. The van der Waals surface area contributed by atoms with Gasteiger partial charge in [-0.05, 0) is 34.5 Å². The fraction of sp³-hybridized carbons (Fsp3) is 0.462. The summed E-state index contributed by atoms with van der Waals surface area (Å²) in [6.45, 7) is 3.92. The molecule has 5 nitrogen and oxygen atoms in total. The van der Waals surface area contributed by atoms with Gasteiger partial charge in [-0.3, -0.25) is 0 Å². The molecule has 0 radical (unpaired) electrons. The highest BCUT2D eigenvalue weighted by molar-refractivity contribution is 9.10. The second-order valence-electron chi connectivity index (χ2n) is 4.59. The van der Waals surface area contributed by atoms with Gasteiger partial charge in [-0.1, -0.05) is 12.1 Å². The lowest BCUT2D eigenvalue weighted by Gasteiger charge is -2.34. The molecular weight excluding hydrogens is 329 g/mol. The Morgan fingerprint density at radius 1 is 1.65 bits per heavy atom. The Bertz CT molecular complexity index is 525. The molecule has 1 aromatic rings. The molecule has 7 heteroatoms. The van der Waals surface area contributed by atoms with E-state index in [1.165, 1.54) is 0 Å². The molecule has 0 spiro atoms. The average molecular weight is 346 g/mol. The number of benzene rings is 1. The van der Waals surface area contributed by atoms with E-state index < -0.39 is 5.82 Å². The van der Waals surface area contributed by atoms with Crippen LogP contribution in [0, 0.1) is 5.82 Å². The molecule has 0 saturated carbocycles. The van der Waals surface area contributed by atoms with Crippen molar-refractivity contribution in [1.82, 2.24) is 0 Å². The zero-order chi connectivity index (χ0) is 14.7. The van der Waals surface area contributed by atoms with E-state index >= 15 is 0 Å². The van der Waals surface area contributed by atoms with Crippen molar-refractivity contribution < 1.29 is 14.3 Å². The zero-order valence-electron chi connectivity index (χ0n) is 11.1. The largest absolute Gasteiger partial charge is 0.409 e. The summed E-state index contributed by atoms with van der Waals surface area (Å²) in [4.78, 5) is 1.95.